The van der Waals surface area contributed by atoms with Crippen LogP contribution in [0, 0.1) is 0 Å². The van der Waals surface area contributed by atoms with Crippen LogP contribution in [0.5, 0.6) is 5.75 Å². The van der Waals surface area contributed by atoms with Crippen molar-refractivity contribution in [2.45, 2.75) is 6.54 Å². The quantitative estimate of drug-likeness (QED) is 0.776. The molecule has 0 aliphatic carbocycles. The first-order chi connectivity index (χ1) is 9.63. The van der Waals surface area contributed by atoms with Crippen LogP contribution < -0.4 is 4.74 Å². The number of halogens is 2. The van der Waals surface area contributed by atoms with Gasteiger partial charge in [0.15, 0.2) is 18.2 Å². The molecule has 0 radical (unpaired) electrons. The first kappa shape index (κ1) is 13.4. The number of hydrogen-bond acceptors (Lipinski definition) is 3. The summed E-state index contributed by atoms with van der Waals surface area (Å²) in [6, 6.07) is 10.9. The fourth-order valence-electron chi connectivity index (χ4n) is 1.98. The van der Waals surface area contributed by atoms with Crippen molar-refractivity contribution in [1.82, 2.24) is 9.88 Å². The number of carbonyl (C=O) groups excluding carboxylic acids is 1. The van der Waals surface area contributed by atoms with E-state index < -0.39 is 0 Å². The normalized spacial score (nSPS) is 13.9. The molecule has 0 atom stereocenters. The van der Waals surface area contributed by atoms with Gasteiger partial charge in [0.2, 0.25) is 0 Å². The Labute approximate surface area is 129 Å². The number of rotatable bonds is 2. The third-order valence-corrected chi connectivity index (χ3v) is 3.67. The average Bonchev–Trinajstić information content (AvgIpc) is 2.45. The van der Waals surface area contributed by atoms with E-state index in [-0.39, 0.29) is 12.6 Å². The van der Waals surface area contributed by atoms with Gasteiger partial charge in [-0.2, -0.15) is 0 Å². The molecular formula is C14H10BrClN2O2. The van der Waals surface area contributed by atoms with Crippen LogP contribution in [0.1, 0.15) is 16.1 Å². The molecule has 1 aliphatic rings. The molecule has 1 aromatic heterocycles. The molecule has 1 aromatic carbocycles. The van der Waals surface area contributed by atoms with E-state index in [1.807, 2.05) is 12.1 Å². The molecule has 1 aliphatic heterocycles. The van der Waals surface area contributed by atoms with Crippen molar-refractivity contribution >= 4 is 33.4 Å². The highest BCUT2D eigenvalue weighted by Crippen LogP contribution is 2.26. The lowest BCUT2D eigenvalue weighted by Crippen LogP contribution is -2.38. The van der Waals surface area contributed by atoms with Crippen molar-refractivity contribution in [2.75, 3.05) is 6.73 Å². The summed E-state index contributed by atoms with van der Waals surface area (Å²) in [5, 5.41) is 0.672. The Bertz CT molecular complexity index is 661. The largest absolute Gasteiger partial charge is 0.471 e. The Kier molecular flexibility index (Phi) is 3.63. The van der Waals surface area contributed by atoms with E-state index in [2.05, 4.69) is 20.9 Å². The molecule has 1 amide bonds. The second-order valence-corrected chi connectivity index (χ2v) is 5.63. The first-order valence-corrected chi connectivity index (χ1v) is 7.13. The molecule has 4 nitrogen and oxygen atoms in total. The zero-order valence-corrected chi connectivity index (χ0v) is 12.7. The van der Waals surface area contributed by atoms with Gasteiger partial charge in [-0.25, -0.2) is 4.98 Å². The second kappa shape index (κ2) is 5.42. The number of benzene rings is 1. The van der Waals surface area contributed by atoms with Crippen LogP contribution in [-0.2, 0) is 6.54 Å². The number of pyridine rings is 1. The minimum absolute atomic E-state index is 0.137. The highest BCUT2D eigenvalue weighted by molar-refractivity contribution is 9.10. The van der Waals surface area contributed by atoms with Gasteiger partial charge < -0.3 is 4.74 Å². The van der Waals surface area contributed by atoms with E-state index >= 15 is 0 Å². The van der Waals surface area contributed by atoms with Crippen LogP contribution in [0.15, 0.2) is 41.0 Å². The van der Waals surface area contributed by atoms with Crippen LogP contribution in [0.2, 0.25) is 5.02 Å². The molecule has 6 heteroatoms. The predicted octanol–water partition coefficient (Wildman–Crippen LogP) is 3.49. The summed E-state index contributed by atoms with van der Waals surface area (Å²) in [6.45, 7) is 0.682. The van der Waals surface area contributed by atoms with Gasteiger partial charge in [0, 0.05) is 11.6 Å². The van der Waals surface area contributed by atoms with Crippen molar-refractivity contribution in [2.24, 2.45) is 0 Å². The van der Waals surface area contributed by atoms with E-state index in [4.69, 9.17) is 16.3 Å². The van der Waals surface area contributed by atoms with Crippen molar-refractivity contribution in [1.29, 1.82) is 0 Å². The Morgan fingerprint density at radius 3 is 2.75 bits per heavy atom. The lowest BCUT2D eigenvalue weighted by Gasteiger charge is -2.28. The molecule has 2 heterocycles. The fraction of sp³-hybridized carbons (Fsp3) is 0.143. The van der Waals surface area contributed by atoms with Crippen LogP contribution in [-0.4, -0.2) is 22.5 Å². The molecule has 0 bridgehead atoms. The third kappa shape index (κ3) is 2.64. The molecule has 0 N–H and O–H groups in total. The van der Waals surface area contributed by atoms with Crippen LogP contribution in [0.3, 0.4) is 0 Å². The van der Waals surface area contributed by atoms with E-state index in [1.165, 1.54) is 0 Å². The van der Waals surface area contributed by atoms with Crippen LogP contribution in [0.4, 0.5) is 0 Å². The standard InChI is InChI=1S/C14H10BrClN2O2/c15-12-6-5-11-13(17-12)14(19)18(8-20-11)7-9-1-3-10(16)4-2-9/h1-6H,7-8H2. The van der Waals surface area contributed by atoms with Gasteiger partial charge in [0.25, 0.3) is 5.91 Å². The summed E-state index contributed by atoms with van der Waals surface area (Å²) in [7, 11) is 0. The molecule has 0 fully saturated rings. The number of amides is 1. The molecule has 2 aromatic rings. The lowest BCUT2D eigenvalue weighted by atomic mass is 10.2. The summed E-state index contributed by atoms with van der Waals surface area (Å²) in [6.07, 6.45) is 0. The third-order valence-electron chi connectivity index (χ3n) is 2.98. The van der Waals surface area contributed by atoms with Crippen molar-refractivity contribution in [3.05, 3.63) is 57.3 Å². The zero-order valence-electron chi connectivity index (χ0n) is 10.3. The highest BCUT2D eigenvalue weighted by atomic mass is 79.9. The molecule has 0 spiro atoms. The minimum Gasteiger partial charge on any atom is -0.471 e. The number of carbonyl (C=O) groups is 1. The smallest absolute Gasteiger partial charge is 0.279 e. The Balaban J connectivity index is 1.83. The van der Waals surface area contributed by atoms with E-state index in [9.17, 15) is 4.79 Å². The molecule has 20 heavy (non-hydrogen) atoms. The lowest BCUT2D eigenvalue weighted by molar-refractivity contribution is 0.0487. The van der Waals surface area contributed by atoms with Crippen molar-refractivity contribution in [3.8, 4) is 5.75 Å². The molecule has 0 saturated heterocycles. The Morgan fingerprint density at radius 2 is 2.00 bits per heavy atom. The topological polar surface area (TPSA) is 42.4 Å². The van der Waals surface area contributed by atoms with Gasteiger partial charge in [0.05, 0.1) is 0 Å². The first-order valence-electron chi connectivity index (χ1n) is 5.96. The van der Waals surface area contributed by atoms with E-state index in [1.54, 1.807) is 29.2 Å². The summed E-state index contributed by atoms with van der Waals surface area (Å²) in [5.74, 6) is 0.382. The van der Waals surface area contributed by atoms with Gasteiger partial charge in [-0.05, 0) is 45.8 Å². The number of hydrogen-bond donors (Lipinski definition) is 0. The predicted molar refractivity (Wildman–Crippen MR) is 78.8 cm³/mol. The van der Waals surface area contributed by atoms with Gasteiger partial charge in [-0.1, -0.05) is 23.7 Å². The number of aromatic nitrogens is 1. The Hall–Kier alpha value is -1.59. The number of nitrogens with zero attached hydrogens (tertiary/aromatic N) is 2. The van der Waals surface area contributed by atoms with Crippen molar-refractivity contribution < 1.29 is 9.53 Å². The van der Waals surface area contributed by atoms with E-state index in [0.717, 1.165) is 5.56 Å². The van der Waals surface area contributed by atoms with Crippen molar-refractivity contribution in [3.63, 3.8) is 0 Å². The minimum atomic E-state index is -0.137. The zero-order chi connectivity index (χ0) is 14.1. The summed E-state index contributed by atoms with van der Waals surface area (Å²) in [5.41, 5.74) is 1.32. The summed E-state index contributed by atoms with van der Waals surface area (Å²) >= 11 is 9.11. The second-order valence-electron chi connectivity index (χ2n) is 4.38. The fourth-order valence-corrected chi connectivity index (χ4v) is 2.41. The maximum atomic E-state index is 12.4. The molecule has 3 rings (SSSR count). The van der Waals surface area contributed by atoms with Gasteiger partial charge >= 0.3 is 0 Å². The van der Waals surface area contributed by atoms with Gasteiger partial charge in [-0.15, -0.1) is 0 Å². The summed E-state index contributed by atoms with van der Waals surface area (Å²) < 4.78 is 6.17. The summed E-state index contributed by atoms with van der Waals surface area (Å²) in [4.78, 5) is 18.2. The number of fused-ring (bicyclic) bond motifs is 1. The maximum absolute atomic E-state index is 12.4. The average molecular weight is 354 g/mol. The number of ether oxygens (including phenoxy) is 1. The molecule has 0 saturated carbocycles. The molecular weight excluding hydrogens is 344 g/mol. The highest BCUT2D eigenvalue weighted by Gasteiger charge is 2.27. The monoisotopic (exact) mass is 352 g/mol. The maximum Gasteiger partial charge on any atom is 0.279 e. The van der Waals surface area contributed by atoms with Crippen LogP contribution >= 0.6 is 27.5 Å². The Morgan fingerprint density at radius 1 is 1.25 bits per heavy atom. The van der Waals surface area contributed by atoms with E-state index in [0.29, 0.717) is 27.6 Å². The van der Waals surface area contributed by atoms with Gasteiger partial charge in [-0.3, -0.25) is 9.69 Å². The molecule has 102 valence electrons. The molecule has 0 unspecified atom stereocenters. The van der Waals surface area contributed by atoms with Gasteiger partial charge in [0.1, 0.15) is 4.60 Å². The SMILES string of the molecule is O=C1c2nc(Br)ccc2OCN1Cc1ccc(Cl)cc1. The van der Waals surface area contributed by atoms with Crippen LogP contribution in [0.25, 0.3) is 0 Å².